The highest BCUT2D eigenvalue weighted by Crippen LogP contribution is 2.51. The summed E-state index contributed by atoms with van der Waals surface area (Å²) in [5.41, 5.74) is 25.9. The number of benzene rings is 20. The van der Waals surface area contributed by atoms with Crippen molar-refractivity contribution in [1.82, 2.24) is 0 Å². The second-order valence-corrected chi connectivity index (χ2v) is 29.5. The molecule has 0 saturated heterocycles. The van der Waals surface area contributed by atoms with Crippen LogP contribution in [0.4, 0.5) is 0 Å². The molecular weight excluding hydrogens is 1360 g/mol. The van der Waals surface area contributed by atoms with Gasteiger partial charge >= 0.3 is 0 Å². The molecule has 0 bridgehead atoms. The van der Waals surface area contributed by atoms with E-state index in [1.807, 2.05) is 36.4 Å². The van der Waals surface area contributed by atoms with E-state index in [9.17, 15) is 0 Å². The van der Waals surface area contributed by atoms with Crippen LogP contribution < -0.4 is 0 Å². The highest BCUT2D eigenvalue weighted by molar-refractivity contribution is 6.26. The number of furan rings is 4. The summed E-state index contributed by atoms with van der Waals surface area (Å²) < 4.78 is 26.1. The molecular formula is C108H64O4. The maximum Gasteiger partial charge on any atom is 0.143 e. The third-order valence-corrected chi connectivity index (χ3v) is 23.4. The third-order valence-electron chi connectivity index (χ3n) is 23.4. The van der Waals surface area contributed by atoms with E-state index < -0.39 is 0 Å². The fourth-order valence-corrected chi connectivity index (χ4v) is 18.2. The van der Waals surface area contributed by atoms with Gasteiger partial charge in [0, 0.05) is 54.2 Å². The maximum absolute atomic E-state index is 6.66. The molecule has 112 heavy (non-hydrogen) atoms. The van der Waals surface area contributed by atoms with E-state index in [-0.39, 0.29) is 0 Å². The summed E-state index contributed by atoms with van der Waals surface area (Å²) in [5, 5.41) is 23.4. The molecule has 0 aliphatic heterocycles. The fourth-order valence-electron chi connectivity index (χ4n) is 18.2. The second-order valence-electron chi connectivity index (χ2n) is 29.5. The van der Waals surface area contributed by atoms with Gasteiger partial charge in [0.05, 0.1) is 0 Å². The molecule has 4 heterocycles. The van der Waals surface area contributed by atoms with E-state index >= 15 is 0 Å². The van der Waals surface area contributed by atoms with Crippen LogP contribution in [0, 0.1) is 0 Å². The first kappa shape index (κ1) is 63.3. The Morgan fingerprint density at radius 3 is 0.830 bits per heavy atom. The van der Waals surface area contributed by atoms with Crippen LogP contribution in [-0.4, -0.2) is 0 Å². The number of rotatable bonds is 8. The molecule has 24 aromatic rings. The second kappa shape index (κ2) is 25.4. The van der Waals surface area contributed by atoms with Crippen molar-refractivity contribution in [1.29, 1.82) is 0 Å². The Morgan fingerprint density at radius 2 is 0.420 bits per heavy atom. The molecule has 0 spiro atoms. The van der Waals surface area contributed by atoms with Gasteiger partial charge in [-0.2, -0.15) is 0 Å². The minimum atomic E-state index is 0.893. The zero-order valence-corrected chi connectivity index (χ0v) is 60.6. The average Bonchev–Trinajstić information content (AvgIpc) is 1.14. The van der Waals surface area contributed by atoms with Gasteiger partial charge in [-0.3, -0.25) is 0 Å². The van der Waals surface area contributed by atoms with E-state index in [4.69, 9.17) is 17.7 Å². The van der Waals surface area contributed by atoms with Crippen LogP contribution in [-0.2, 0) is 0 Å². The third kappa shape index (κ3) is 10.1. The highest BCUT2D eigenvalue weighted by Gasteiger charge is 2.24. The van der Waals surface area contributed by atoms with Crippen LogP contribution in [0.25, 0.3) is 241 Å². The lowest BCUT2D eigenvalue weighted by molar-refractivity contribution is 0.668. The van der Waals surface area contributed by atoms with Crippen LogP contribution in [0.3, 0.4) is 0 Å². The van der Waals surface area contributed by atoms with Gasteiger partial charge in [0.2, 0.25) is 0 Å². The number of para-hydroxylation sites is 6. The Kier molecular flexibility index (Phi) is 14.3. The molecule has 0 amide bonds. The Labute approximate surface area is 643 Å². The lowest BCUT2D eigenvalue weighted by Gasteiger charge is -2.19. The van der Waals surface area contributed by atoms with Crippen molar-refractivity contribution in [2.45, 2.75) is 0 Å². The largest absolute Gasteiger partial charge is 0.456 e. The molecule has 0 saturated carbocycles. The predicted molar refractivity (Wildman–Crippen MR) is 471 cm³/mol. The monoisotopic (exact) mass is 1420 g/mol. The zero-order valence-electron chi connectivity index (χ0n) is 60.6. The highest BCUT2D eigenvalue weighted by atomic mass is 16.3. The van der Waals surface area contributed by atoms with Gasteiger partial charge in [0.15, 0.2) is 0 Å². The number of fused-ring (bicyclic) bond motifs is 18. The van der Waals surface area contributed by atoms with Crippen molar-refractivity contribution < 1.29 is 17.7 Å². The Hall–Kier alpha value is -14.8. The van der Waals surface area contributed by atoms with E-state index in [2.05, 4.69) is 352 Å². The zero-order chi connectivity index (χ0) is 73.5. The summed E-state index contributed by atoms with van der Waals surface area (Å²) in [6.07, 6.45) is 0. The number of hydrogen-bond acceptors (Lipinski definition) is 4. The molecule has 4 heteroatoms. The number of hydrogen-bond donors (Lipinski definition) is 0. The Balaban J connectivity index is 0.000000134. The molecule has 24 rings (SSSR count). The molecule has 4 aromatic heterocycles. The Morgan fingerprint density at radius 1 is 0.125 bits per heavy atom. The summed E-state index contributed by atoms with van der Waals surface area (Å²) in [5.74, 6) is 0. The van der Waals surface area contributed by atoms with Crippen molar-refractivity contribution >= 4 is 152 Å². The standard InChI is InChI=1S/2C54H32O2/c1-2-13-33(14-3-1)35-30-29-34-15-8-20-40(47(34)31-35)52-41-21-9-18-36(43-23-11-25-45-38-16-4-6-27-50(38)55-53(43)45)48(41)32-49-37(19-10-22-42(49)52)44-24-12-26-46-39-17-5-7-28-51(39)56-54(44)46;1-2-11-33(12-3-1)35-24-23-34-13-8-18-44(47(34)29-35)54-45-19-9-16-38(36-25-27-42-40-14-4-6-21-50(40)55-52(42)30-36)48(45)32-49-39(17-10-20-46(49)54)37-26-28-43-41-15-5-7-22-51(41)56-53(43)31-37/h2*1-32H. The first-order valence-electron chi connectivity index (χ1n) is 38.3. The van der Waals surface area contributed by atoms with E-state index in [0.29, 0.717) is 0 Å². The van der Waals surface area contributed by atoms with Crippen molar-refractivity contribution in [3.8, 4) is 89.0 Å². The predicted octanol–water partition coefficient (Wildman–Crippen LogP) is 31.2. The first-order valence-corrected chi connectivity index (χ1v) is 38.3. The lowest BCUT2D eigenvalue weighted by atomic mass is 9.84. The van der Waals surface area contributed by atoms with Gasteiger partial charge in [-0.1, -0.05) is 315 Å². The van der Waals surface area contributed by atoms with E-state index in [1.165, 1.54) is 120 Å². The summed E-state index contributed by atoms with van der Waals surface area (Å²) in [4.78, 5) is 0. The van der Waals surface area contributed by atoms with Crippen LogP contribution in [0.2, 0.25) is 0 Å². The van der Waals surface area contributed by atoms with Gasteiger partial charge in [-0.05, 0) is 215 Å². The molecule has 0 aliphatic rings. The fraction of sp³-hybridized carbons (Fsp3) is 0. The van der Waals surface area contributed by atoms with Gasteiger partial charge in [0.1, 0.15) is 44.7 Å². The normalized spacial score (nSPS) is 11.9. The SMILES string of the molecule is c1ccc(-c2ccc3cccc(-c4c5cccc(-c6ccc7c(c6)oc6ccccc67)c5cc5c(-c6ccc7c(c6)oc6ccccc67)cccc45)c3c2)cc1.c1ccc(-c2ccc3cccc(-c4c5cccc(-c6cccc7c6oc6ccccc67)c5cc5c(-c6cccc7c6oc6ccccc67)cccc45)c3c2)cc1. The van der Waals surface area contributed by atoms with Gasteiger partial charge in [-0.25, -0.2) is 0 Å². The Bertz CT molecular complexity index is 7660. The first-order chi connectivity index (χ1) is 55.5. The smallest absolute Gasteiger partial charge is 0.143 e. The van der Waals surface area contributed by atoms with E-state index in [0.717, 1.165) is 121 Å². The van der Waals surface area contributed by atoms with Crippen molar-refractivity contribution in [2.24, 2.45) is 0 Å². The quantitative estimate of drug-likeness (QED) is 0.142. The van der Waals surface area contributed by atoms with E-state index in [1.54, 1.807) is 0 Å². The van der Waals surface area contributed by atoms with Crippen LogP contribution in [0.15, 0.2) is 406 Å². The van der Waals surface area contributed by atoms with Gasteiger partial charge < -0.3 is 17.7 Å². The molecule has 4 nitrogen and oxygen atoms in total. The summed E-state index contributed by atoms with van der Waals surface area (Å²) in [7, 11) is 0. The topological polar surface area (TPSA) is 52.6 Å². The van der Waals surface area contributed by atoms with Crippen LogP contribution in [0.5, 0.6) is 0 Å². The van der Waals surface area contributed by atoms with Crippen molar-refractivity contribution in [3.63, 3.8) is 0 Å². The molecule has 0 N–H and O–H groups in total. The van der Waals surface area contributed by atoms with Gasteiger partial charge in [0.25, 0.3) is 0 Å². The molecule has 20 aromatic carbocycles. The molecule has 0 atom stereocenters. The average molecular weight is 1430 g/mol. The van der Waals surface area contributed by atoms with Gasteiger partial charge in [-0.15, -0.1) is 0 Å². The maximum atomic E-state index is 6.66. The molecule has 520 valence electrons. The minimum absolute atomic E-state index is 0.893. The van der Waals surface area contributed by atoms with Crippen LogP contribution in [0.1, 0.15) is 0 Å². The van der Waals surface area contributed by atoms with Crippen LogP contribution >= 0.6 is 0 Å². The summed E-state index contributed by atoms with van der Waals surface area (Å²) >= 11 is 0. The summed E-state index contributed by atoms with van der Waals surface area (Å²) in [6.45, 7) is 0. The minimum Gasteiger partial charge on any atom is -0.456 e. The molecule has 0 radical (unpaired) electrons. The molecule has 0 fully saturated rings. The molecule has 0 aliphatic carbocycles. The van der Waals surface area contributed by atoms with Crippen molar-refractivity contribution in [2.75, 3.05) is 0 Å². The lowest BCUT2D eigenvalue weighted by Crippen LogP contribution is -1.92. The summed E-state index contributed by atoms with van der Waals surface area (Å²) in [6, 6.07) is 140. The molecule has 0 unspecified atom stereocenters. The van der Waals surface area contributed by atoms with Crippen molar-refractivity contribution in [3.05, 3.63) is 388 Å².